The third-order valence-electron chi connectivity index (χ3n) is 3.86. The van der Waals surface area contributed by atoms with Crippen LogP contribution in [0.4, 0.5) is 16.0 Å². The predicted octanol–water partition coefficient (Wildman–Crippen LogP) is 4.41. The molecule has 3 rings (SSSR count). The third-order valence-corrected chi connectivity index (χ3v) is 3.86. The minimum atomic E-state index is -0.303. The predicted molar refractivity (Wildman–Crippen MR) is 104 cm³/mol. The molecule has 0 saturated heterocycles. The summed E-state index contributed by atoms with van der Waals surface area (Å²) in [5.74, 6) is 0.368. The van der Waals surface area contributed by atoms with Gasteiger partial charge in [-0.1, -0.05) is 32.0 Å². The van der Waals surface area contributed by atoms with Gasteiger partial charge in [-0.2, -0.15) is 0 Å². The van der Waals surface area contributed by atoms with Crippen LogP contribution in [0.3, 0.4) is 0 Å². The smallest absolute Gasteiger partial charge is 0.251 e. The second-order valence-corrected chi connectivity index (χ2v) is 6.62. The van der Waals surface area contributed by atoms with Crippen LogP contribution in [0.5, 0.6) is 0 Å². The van der Waals surface area contributed by atoms with Crippen molar-refractivity contribution in [3.63, 3.8) is 0 Å². The highest BCUT2D eigenvalue weighted by atomic mass is 19.1. The van der Waals surface area contributed by atoms with Gasteiger partial charge in [0.1, 0.15) is 5.82 Å². The van der Waals surface area contributed by atoms with E-state index in [1.165, 1.54) is 12.1 Å². The number of hydrogen-bond acceptors (Lipinski definition) is 4. The number of nitrogens with one attached hydrogen (secondary N) is 2. The van der Waals surface area contributed by atoms with Gasteiger partial charge in [0.05, 0.1) is 0 Å². The second-order valence-electron chi connectivity index (χ2n) is 6.62. The van der Waals surface area contributed by atoms with Crippen molar-refractivity contribution in [2.24, 2.45) is 5.92 Å². The van der Waals surface area contributed by atoms with Crippen LogP contribution in [0.15, 0.2) is 60.9 Å². The molecule has 2 N–H and O–H groups in total. The molecule has 0 atom stereocenters. The second kappa shape index (κ2) is 8.40. The van der Waals surface area contributed by atoms with E-state index < -0.39 is 0 Å². The normalized spacial score (nSPS) is 10.7. The maximum Gasteiger partial charge on any atom is 0.251 e. The number of carbonyl (C=O) groups excluding carboxylic acids is 1. The van der Waals surface area contributed by atoms with E-state index in [0.29, 0.717) is 35.2 Å². The van der Waals surface area contributed by atoms with E-state index in [9.17, 15) is 9.18 Å². The number of nitrogens with zero attached hydrogens (tertiary/aromatic N) is 2. The van der Waals surface area contributed by atoms with Crippen LogP contribution in [0.1, 0.15) is 24.2 Å². The SMILES string of the molecule is CC(C)CNC(=O)c1cccc(Nc2ncc(-c3cccc(F)c3)cn2)c1. The molecule has 0 spiro atoms. The zero-order valence-corrected chi connectivity index (χ0v) is 15.2. The minimum Gasteiger partial charge on any atom is -0.352 e. The molecule has 27 heavy (non-hydrogen) atoms. The van der Waals surface area contributed by atoms with Gasteiger partial charge in [-0.05, 0) is 41.8 Å². The quantitative estimate of drug-likeness (QED) is 0.680. The molecule has 138 valence electrons. The Morgan fingerprint density at radius 2 is 1.78 bits per heavy atom. The summed E-state index contributed by atoms with van der Waals surface area (Å²) in [5.41, 5.74) is 2.72. The first kappa shape index (κ1) is 18.5. The van der Waals surface area contributed by atoms with E-state index in [1.807, 2.05) is 19.9 Å². The highest BCUT2D eigenvalue weighted by molar-refractivity contribution is 5.95. The number of carbonyl (C=O) groups is 1. The number of amides is 1. The Morgan fingerprint density at radius 3 is 2.48 bits per heavy atom. The first-order valence-corrected chi connectivity index (χ1v) is 8.74. The van der Waals surface area contributed by atoms with Crippen molar-refractivity contribution in [3.05, 3.63) is 72.3 Å². The molecule has 0 unspecified atom stereocenters. The van der Waals surface area contributed by atoms with E-state index in [4.69, 9.17) is 0 Å². The standard InChI is InChI=1S/C21H21FN4O/c1-14(2)11-23-20(27)16-6-4-8-19(10-16)26-21-24-12-17(13-25-21)15-5-3-7-18(22)9-15/h3-10,12-14H,11H2,1-2H3,(H,23,27)(H,24,25,26). The summed E-state index contributed by atoms with van der Waals surface area (Å²) < 4.78 is 13.3. The fourth-order valence-electron chi connectivity index (χ4n) is 2.48. The zero-order chi connectivity index (χ0) is 19.2. The Balaban J connectivity index is 1.70. The molecule has 0 aliphatic heterocycles. The number of hydrogen-bond donors (Lipinski definition) is 2. The van der Waals surface area contributed by atoms with Gasteiger partial charge in [0.2, 0.25) is 5.95 Å². The lowest BCUT2D eigenvalue weighted by Crippen LogP contribution is -2.27. The van der Waals surface area contributed by atoms with E-state index in [1.54, 1.807) is 42.7 Å². The molecule has 1 heterocycles. The molecule has 0 fully saturated rings. The molecule has 0 saturated carbocycles. The number of anilines is 2. The Labute approximate surface area is 157 Å². The molecule has 0 aliphatic rings. The Morgan fingerprint density at radius 1 is 1.04 bits per heavy atom. The van der Waals surface area contributed by atoms with Crippen LogP contribution in [-0.4, -0.2) is 22.4 Å². The number of aromatic nitrogens is 2. The van der Waals surface area contributed by atoms with Crippen LogP contribution in [0.25, 0.3) is 11.1 Å². The summed E-state index contributed by atoms with van der Waals surface area (Å²) in [6, 6.07) is 13.4. The van der Waals surface area contributed by atoms with Gasteiger partial charge in [0, 0.05) is 35.8 Å². The van der Waals surface area contributed by atoms with Crippen LogP contribution >= 0.6 is 0 Å². The van der Waals surface area contributed by atoms with Gasteiger partial charge < -0.3 is 10.6 Å². The van der Waals surface area contributed by atoms with Crippen molar-refractivity contribution in [1.29, 1.82) is 0 Å². The topological polar surface area (TPSA) is 66.9 Å². The summed E-state index contributed by atoms with van der Waals surface area (Å²) >= 11 is 0. The number of halogens is 1. The maximum absolute atomic E-state index is 13.3. The average Bonchev–Trinajstić information content (AvgIpc) is 2.67. The van der Waals surface area contributed by atoms with Gasteiger partial charge in [-0.15, -0.1) is 0 Å². The largest absolute Gasteiger partial charge is 0.352 e. The molecule has 1 aromatic heterocycles. The van der Waals surface area contributed by atoms with Crippen molar-refractivity contribution < 1.29 is 9.18 Å². The van der Waals surface area contributed by atoms with Crippen LogP contribution < -0.4 is 10.6 Å². The van der Waals surface area contributed by atoms with E-state index >= 15 is 0 Å². The lowest BCUT2D eigenvalue weighted by molar-refractivity contribution is 0.0949. The first-order valence-electron chi connectivity index (χ1n) is 8.74. The summed E-state index contributed by atoms with van der Waals surface area (Å²) in [7, 11) is 0. The average molecular weight is 364 g/mol. The number of benzene rings is 2. The van der Waals surface area contributed by atoms with E-state index in [0.717, 1.165) is 5.56 Å². The molecule has 2 aromatic carbocycles. The van der Waals surface area contributed by atoms with Crippen molar-refractivity contribution in [2.75, 3.05) is 11.9 Å². The van der Waals surface area contributed by atoms with Crippen molar-refractivity contribution >= 4 is 17.5 Å². The van der Waals surface area contributed by atoms with Gasteiger partial charge >= 0.3 is 0 Å². The van der Waals surface area contributed by atoms with Gasteiger partial charge in [0.25, 0.3) is 5.91 Å². The summed E-state index contributed by atoms with van der Waals surface area (Å²) in [4.78, 5) is 20.7. The van der Waals surface area contributed by atoms with Crippen molar-refractivity contribution in [1.82, 2.24) is 15.3 Å². The lowest BCUT2D eigenvalue weighted by Gasteiger charge is -2.10. The van der Waals surface area contributed by atoms with Crippen molar-refractivity contribution in [3.8, 4) is 11.1 Å². The molecular weight excluding hydrogens is 343 g/mol. The van der Waals surface area contributed by atoms with Gasteiger partial charge in [0.15, 0.2) is 0 Å². The zero-order valence-electron chi connectivity index (χ0n) is 15.2. The molecule has 0 bridgehead atoms. The molecule has 0 radical (unpaired) electrons. The Bertz CT molecular complexity index is 925. The molecule has 1 amide bonds. The van der Waals surface area contributed by atoms with E-state index in [-0.39, 0.29) is 11.7 Å². The summed E-state index contributed by atoms with van der Waals surface area (Å²) in [6.07, 6.45) is 3.26. The third kappa shape index (κ3) is 5.10. The van der Waals surface area contributed by atoms with Crippen molar-refractivity contribution in [2.45, 2.75) is 13.8 Å². The number of rotatable bonds is 6. The fraction of sp³-hybridized carbons (Fsp3) is 0.190. The maximum atomic E-state index is 13.3. The molecule has 5 nitrogen and oxygen atoms in total. The monoisotopic (exact) mass is 364 g/mol. The molecule has 0 aliphatic carbocycles. The highest BCUT2D eigenvalue weighted by Crippen LogP contribution is 2.20. The van der Waals surface area contributed by atoms with Gasteiger partial charge in [-0.25, -0.2) is 14.4 Å². The Kier molecular flexibility index (Phi) is 5.76. The van der Waals surface area contributed by atoms with Crippen LogP contribution in [-0.2, 0) is 0 Å². The summed E-state index contributed by atoms with van der Waals surface area (Å²) in [6.45, 7) is 4.72. The summed E-state index contributed by atoms with van der Waals surface area (Å²) in [5, 5.41) is 5.97. The van der Waals surface area contributed by atoms with Crippen LogP contribution in [0, 0.1) is 11.7 Å². The first-order chi connectivity index (χ1) is 13.0. The van der Waals surface area contributed by atoms with E-state index in [2.05, 4.69) is 20.6 Å². The minimum absolute atomic E-state index is 0.116. The van der Waals surface area contributed by atoms with Crippen LogP contribution in [0.2, 0.25) is 0 Å². The highest BCUT2D eigenvalue weighted by Gasteiger charge is 2.08. The fourth-order valence-corrected chi connectivity index (χ4v) is 2.48. The molecular formula is C21H21FN4O. The molecule has 6 heteroatoms. The molecule has 3 aromatic rings. The lowest BCUT2D eigenvalue weighted by atomic mass is 10.1. The van der Waals surface area contributed by atoms with Gasteiger partial charge in [-0.3, -0.25) is 4.79 Å². The Hall–Kier alpha value is -3.28.